The van der Waals surface area contributed by atoms with Gasteiger partial charge in [0.25, 0.3) is 11.1 Å². The number of ether oxygens (including phenoxy) is 1. The molecule has 6 nitrogen and oxygen atoms in total. The minimum Gasteiger partial charge on any atom is -0.465 e. The maximum Gasteiger partial charge on any atom is 0.337 e. The Hall–Kier alpha value is -3.29. The van der Waals surface area contributed by atoms with E-state index in [2.05, 4.69) is 0 Å². The van der Waals surface area contributed by atoms with Gasteiger partial charge in [0.2, 0.25) is 0 Å². The number of esters is 1. The normalized spacial score (nSPS) is 15.1. The number of aryl methyl sites for hydroxylation is 1. The summed E-state index contributed by atoms with van der Waals surface area (Å²) in [5.74, 6) is 0.0777. The van der Waals surface area contributed by atoms with Crippen molar-refractivity contribution in [1.29, 1.82) is 0 Å². The number of thioether (sulfide) groups is 1. The van der Waals surface area contributed by atoms with Gasteiger partial charge in [-0.05, 0) is 72.8 Å². The molecule has 0 bridgehead atoms. The van der Waals surface area contributed by atoms with Crippen LogP contribution in [0.5, 0.6) is 0 Å². The highest BCUT2D eigenvalue weighted by Gasteiger charge is 2.36. The van der Waals surface area contributed by atoms with E-state index in [1.807, 2.05) is 6.92 Å². The van der Waals surface area contributed by atoms with Crippen molar-refractivity contribution in [1.82, 2.24) is 0 Å². The van der Waals surface area contributed by atoms with E-state index in [1.165, 1.54) is 13.2 Å². The molecule has 0 atom stereocenters. The van der Waals surface area contributed by atoms with E-state index < -0.39 is 17.1 Å². The molecular formula is C23H16ClNO5S. The monoisotopic (exact) mass is 453 g/mol. The Morgan fingerprint density at radius 1 is 1.10 bits per heavy atom. The molecule has 2 aromatic carbocycles. The average molecular weight is 454 g/mol. The highest BCUT2D eigenvalue weighted by molar-refractivity contribution is 8.19. The fourth-order valence-electron chi connectivity index (χ4n) is 3.12. The molecule has 8 heteroatoms. The van der Waals surface area contributed by atoms with Crippen molar-refractivity contribution in [2.75, 3.05) is 12.0 Å². The van der Waals surface area contributed by atoms with Gasteiger partial charge >= 0.3 is 5.97 Å². The van der Waals surface area contributed by atoms with Gasteiger partial charge in [-0.3, -0.25) is 9.59 Å². The molecule has 0 saturated carbocycles. The molecule has 4 rings (SSSR count). The first kappa shape index (κ1) is 21.0. The Morgan fingerprint density at radius 2 is 1.84 bits per heavy atom. The second-order valence-electron chi connectivity index (χ2n) is 6.72. The van der Waals surface area contributed by atoms with Crippen LogP contribution in [0.1, 0.15) is 21.7 Å². The molecule has 1 aliphatic rings. The largest absolute Gasteiger partial charge is 0.465 e. The molecular weight excluding hydrogens is 438 g/mol. The molecule has 1 aromatic heterocycles. The van der Waals surface area contributed by atoms with Crippen LogP contribution >= 0.6 is 23.4 Å². The van der Waals surface area contributed by atoms with E-state index in [0.29, 0.717) is 27.8 Å². The number of amides is 2. The Kier molecular flexibility index (Phi) is 5.71. The lowest BCUT2D eigenvalue weighted by Gasteiger charge is -2.11. The fourth-order valence-corrected chi connectivity index (χ4v) is 4.06. The van der Waals surface area contributed by atoms with Crippen LogP contribution in [0.2, 0.25) is 5.02 Å². The minimum absolute atomic E-state index is 0.251. The second kappa shape index (κ2) is 8.45. The van der Waals surface area contributed by atoms with Crippen LogP contribution in [0.3, 0.4) is 0 Å². The predicted molar refractivity (Wildman–Crippen MR) is 120 cm³/mol. The number of carbonyl (C=O) groups is 3. The molecule has 0 unspecified atom stereocenters. The zero-order valence-corrected chi connectivity index (χ0v) is 18.1. The molecule has 1 fully saturated rings. The highest BCUT2D eigenvalue weighted by Crippen LogP contribution is 2.37. The van der Waals surface area contributed by atoms with Crippen molar-refractivity contribution < 1.29 is 23.5 Å². The predicted octanol–water partition coefficient (Wildman–Crippen LogP) is 5.94. The third kappa shape index (κ3) is 4.15. The summed E-state index contributed by atoms with van der Waals surface area (Å²) in [6.07, 6.45) is 1.53. The second-order valence-corrected chi connectivity index (χ2v) is 8.15. The molecule has 1 saturated heterocycles. The van der Waals surface area contributed by atoms with Gasteiger partial charge in [-0.25, -0.2) is 9.69 Å². The van der Waals surface area contributed by atoms with Gasteiger partial charge in [0.05, 0.1) is 23.3 Å². The van der Waals surface area contributed by atoms with E-state index in [-0.39, 0.29) is 4.91 Å². The van der Waals surface area contributed by atoms with Crippen molar-refractivity contribution >= 4 is 52.2 Å². The first-order valence-corrected chi connectivity index (χ1v) is 10.4. The third-order valence-electron chi connectivity index (χ3n) is 4.70. The molecule has 2 heterocycles. The van der Waals surface area contributed by atoms with Gasteiger partial charge in [-0.2, -0.15) is 0 Å². The molecule has 0 aliphatic carbocycles. The number of rotatable bonds is 4. The number of anilines is 1. The smallest absolute Gasteiger partial charge is 0.337 e. The minimum atomic E-state index is -0.441. The Morgan fingerprint density at radius 3 is 2.55 bits per heavy atom. The van der Waals surface area contributed by atoms with Gasteiger partial charge in [0, 0.05) is 16.7 Å². The van der Waals surface area contributed by atoms with E-state index in [4.69, 9.17) is 20.8 Å². The summed E-state index contributed by atoms with van der Waals surface area (Å²) in [6, 6.07) is 15.1. The maximum absolute atomic E-state index is 12.8. The van der Waals surface area contributed by atoms with Gasteiger partial charge in [0.15, 0.2) is 0 Å². The van der Waals surface area contributed by atoms with E-state index in [1.54, 1.807) is 54.6 Å². The van der Waals surface area contributed by atoms with Crippen molar-refractivity contribution in [3.05, 3.63) is 81.4 Å². The van der Waals surface area contributed by atoms with E-state index in [0.717, 1.165) is 27.8 Å². The van der Waals surface area contributed by atoms with Crippen LogP contribution in [-0.2, 0) is 9.53 Å². The lowest BCUT2D eigenvalue weighted by atomic mass is 10.0. The number of carbonyl (C=O) groups excluding carboxylic acids is 3. The summed E-state index contributed by atoms with van der Waals surface area (Å²) in [6.45, 7) is 1.90. The Labute approximate surface area is 187 Å². The van der Waals surface area contributed by atoms with Crippen molar-refractivity contribution in [2.24, 2.45) is 0 Å². The summed E-state index contributed by atoms with van der Waals surface area (Å²) >= 11 is 6.72. The van der Waals surface area contributed by atoms with Crippen LogP contribution in [0.25, 0.3) is 17.4 Å². The first-order chi connectivity index (χ1) is 14.9. The van der Waals surface area contributed by atoms with Gasteiger partial charge in [0.1, 0.15) is 11.5 Å². The molecule has 2 amide bonds. The Bertz CT molecular complexity index is 1230. The number of nitrogens with zero attached hydrogens (tertiary/aromatic N) is 1. The molecule has 156 valence electrons. The van der Waals surface area contributed by atoms with Gasteiger partial charge in [-0.15, -0.1) is 0 Å². The fraction of sp³-hybridized carbons (Fsp3) is 0.0870. The number of hydrogen-bond donors (Lipinski definition) is 0. The van der Waals surface area contributed by atoms with Crippen LogP contribution in [0.4, 0.5) is 10.5 Å². The van der Waals surface area contributed by atoms with Gasteiger partial charge < -0.3 is 9.15 Å². The first-order valence-electron chi connectivity index (χ1n) is 9.20. The lowest BCUT2D eigenvalue weighted by molar-refractivity contribution is -0.113. The summed E-state index contributed by atoms with van der Waals surface area (Å²) < 4.78 is 10.7. The van der Waals surface area contributed by atoms with Crippen LogP contribution in [0, 0.1) is 6.92 Å². The summed E-state index contributed by atoms with van der Waals surface area (Å²) in [7, 11) is 1.32. The number of benzene rings is 2. The zero-order valence-electron chi connectivity index (χ0n) is 16.5. The Balaban J connectivity index is 1.62. The zero-order chi connectivity index (χ0) is 22.1. The number of halogens is 1. The molecule has 1 aliphatic heterocycles. The molecule has 0 radical (unpaired) electrons. The van der Waals surface area contributed by atoms with Crippen LogP contribution < -0.4 is 4.90 Å². The van der Waals surface area contributed by atoms with E-state index >= 15 is 0 Å². The van der Waals surface area contributed by atoms with Crippen LogP contribution in [0.15, 0.2) is 63.9 Å². The number of hydrogen-bond acceptors (Lipinski definition) is 6. The van der Waals surface area contributed by atoms with Crippen molar-refractivity contribution in [2.45, 2.75) is 6.92 Å². The molecule has 3 aromatic rings. The molecule has 0 N–H and O–H groups in total. The average Bonchev–Trinajstić information content (AvgIpc) is 3.33. The highest BCUT2D eigenvalue weighted by atomic mass is 35.5. The summed E-state index contributed by atoms with van der Waals surface area (Å²) in [5.41, 5.74) is 2.50. The third-order valence-corrected chi connectivity index (χ3v) is 5.82. The maximum atomic E-state index is 12.8. The SMILES string of the molecule is COC(=O)c1ccc(C)c(-c2ccc(/C=C3/SC(=O)N(c4ccc(Cl)cc4)C3=O)o2)c1. The topological polar surface area (TPSA) is 76.8 Å². The summed E-state index contributed by atoms with van der Waals surface area (Å²) in [5, 5.41) is 0.118. The lowest BCUT2D eigenvalue weighted by Crippen LogP contribution is -2.27. The van der Waals surface area contributed by atoms with Crippen molar-refractivity contribution in [3.63, 3.8) is 0 Å². The molecule has 0 spiro atoms. The molecule has 31 heavy (non-hydrogen) atoms. The van der Waals surface area contributed by atoms with Gasteiger partial charge in [-0.1, -0.05) is 17.7 Å². The standard InChI is InChI=1S/C23H16ClNO5S/c1-13-3-4-14(22(27)29-2)11-18(13)19-10-9-17(30-19)12-20-21(26)25(23(28)31-20)16-7-5-15(24)6-8-16/h3-12H,1-2H3/b20-12+. The summed E-state index contributed by atoms with van der Waals surface area (Å²) in [4.78, 5) is 38.3. The number of methoxy groups -OCH3 is 1. The van der Waals surface area contributed by atoms with Crippen LogP contribution in [-0.4, -0.2) is 24.2 Å². The number of furan rings is 1. The van der Waals surface area contributed by atoms with Crippen molar-refractivity contribution in [3.8, 4) is 11.3 Å². The number of imide groups is 1. The quantitative estimate of drug-likeness (QED) is 0.359. The van der Waals surface area contributed by atoms with E-state index in [9.17, 15) is 14.4 Å².